The normalized spacial score (nSPS) is 14.3. The Morgan fingerprint density at radius 3 is 1.43 bits per heavy atom. The third-order valence-electron chi connectivity index (χ3n) is 10.3. The monoisotopic (exact) mass is 877 g/mol. The lowest BCUT2D eigenvalue weighted by molar-refractivity contribution is -0.870. The second-order valence-corrected chi connectivity index (χ2v) is 18.9. The number of rotatable bonds is 45. The lowest BCUT2D eigenvalue weighted by Gasteiger charge is -2.24. The van der Waals surface area contributed by atoms with Crippen LogP contribution in [0.15, 0.2) is 72.9 Å². The van der Waals surface area contributed by atoms with E-state index < -0.39 is 13.9 Å². The Bertz CT molecular complexity index is 1200. The van der Waals surface area contributed by atoms with Crippen LogP contribution in [0, 0.1) is 0 Å². The Balaban J connectivity index is 4.21. The number of hydrogen-bond donors (Lipinski definition) is 1. The Hall–Kier alpha value is -2.06. The quantitative estimate of drug-likeness (QED) is 0.0214. The molecule has 61 heavy (non-hydrogen) atoms. The molecular formula is C52H95NO7P+. The fourth-order valence-corrected chi connectivity index (χ4v) is 7.20. The lowest BCUT2D eigenvalue weighted by Crippen LogP contribution is -2.37. The van der Waals surface area contributed by atoms with Gasteiger partial charge in [-0.15, -0.1) is 0 Å². The highest BCUT2D eigenvalue weighted by molar-refractivity contribution is 7.47. The van der Waals surface area contributed by atoms with Crippen molar-refractivity contribution in [2.45, 2.75) is 200 Å². The summed E-state index contributed by atoms with van der Waals surface area (Å²) in [4.78, 5) is 23.0. The van der Waals surface area contributed by atoms with Gasteiger partial charge in [0.15, 0.2) is 0 Å². The molecule has 0 heterocycles. The molecule has 0 bridgehead atoms. The summed E-state index contributed by atoms with van der Waals surface area (Å²) in [7, 11) is 1.65. The van der Waals surface area contributed by atoms with E-state index in [9.17, 15) is 14.3 Å². The first kappa shape index (κ1) is 58.9. The number of unbranched alkanes of at least 4 members (excludes halogenated alkanes) is 19. The smallest absolute Gasteiger partial charge is 0.457 e. The first-order valence-corrected chi connectivity index (χ1v) is 26.2. The van der Waals surface area contributed by atoms with Gasteiger partial charge in [-0.05, 0) is 83.5 Å². The number of carbonyl (C=O) groups is 1. The fraction of sp³-hybridized carbons (Fsp3) is 0.750. The molecule has 0 spiro atoms. The largest absolute Gasteiger partial charge is 0.472 e. The van der Waals surface area contributed by atoms with E-state index in [1.165, 1.54) is 103 Å². The van der Waals surface area contributed by atoms with E-state index in [2.05, 4.69) is 86.8 Å². The summed E-state index contributed by atoms with van der Waals surface area (Å²) in [5, 5.41) is 0. The van der Waals surface area contributed by atoms with Crippen LogP contribution in [-0.2, 0) is 27.9 Å². The van der Waals surface area contributed by atoms with Crippen molar-refractivity contribution in [1.82, 2.24) is 0 Å². The summed E-state index contributed by atoms with van der Waals surface area (Å²) in [5.41, 5.74) is 0. The average molecular weight is 877 g/mol. The van der Waals surface area contributed by atoms with Gasteiger partial charge >= 0.3 is 13.8 Å². The third kappa shape index (κ3) is 48.8. The number of likely N-dealkylation sites (N-methyl/N-ethyl adjacent to an activating group) is 1. The van der Waals surface area contributed by atoms with Gasteiger partial charge in [-0.1, -0.05) is 177 Å². The molecule has 9 heteroatoms. The van der Waals surface area contributed by atoms with E-state index in [4.69, 9.17) is 18.5 Å². The minimum atomic E-state index is -4.29. The summed E-state index contributed by atoms with van der Waals surface area (Å²) in [6.45, 7) is 5.45. The highest BCUT2D eigenvalue weighted by Gasteiger charge is 2.26. The lowest BCUT2D eigenvalue weighted by atomic mass is 10.1. The molecule has 0 amide bonds. The zero-order chi connectivity index (χ0) is 44.8. The molecule has 0 rings (SSSR count). The zero-order valence-electron chi connectivity index (χ0n) is 40.1. The van der Waals surface area contributed by atoms with Crippen LogP contribution in [0.2, 0.25) is 0 Å². The number of phosphoric acid groups is 1. The van der Waals surface area contributed by atoms with Crippen LogP contribution in [0.25, 0.3) is 0 Å². The Kier molecular flexibility index (Phi) is 43.0. The number of nitrogens with zero attached hydrogens (tertiary/aromatic N) is 1. The third-order valence-corrected chi connectivity index (χ3v) is 11.2. The molecule has 0 aliphatic carbocycles. The van der Waals surface area contributed by atoms with Crippen LogP contribution in [0.1, 0.15) is 194 Å². The maximum Gasteiger partial charge on any atom is 0.472 e. The molecule has 0 saturated heterocycles. The van der Waals surface area contributed by atoms with Crippen molar-refractivity contribution in [1.29, 1.82) is 0 Å². The first-order valence-electron chi connectivity index (χ1n) is 24.7. The minimum Gasteiger partial charge on any atom is -0.457 e. The fourth-order valence-electron chi connectivity index (χ4n) is 6.46. The Morgan fingerprint density at radius 2 is 0.951 bits per heavy atom. The number of carbonyl (C=O) groups excluding carboxylic acids is 1. The van der Waals surface area contributed by atoms with Crippen LogP contribution in [0.3, 0.4) is 0 Å². The van der Waals surface area contributed by atoms with E-state index in [0.29, 0.717) is 24.1 Å². The van der Waals surface area contributed by atoms with Crippen molar-refractivity contribution in [2.24, 2.45) is 0 Å². The second-order valence-electron chi connectivity index (χ2n) is 17.5. The summed E-state index contributed by atoms with van der Waals surface area (Å²) in [5.74, 6) is -0.324. The van der Waals surface area contributed by atoms with Crippen LogP contribution in [0.4, 0.5) is 0 Å². The number of quaternary nitrogens is 1. The summed E-state index contributed by atoms with van der Waals surface area (Å²) in [6, 6.07) is 0. The molecule has 1 N–H and O–H groups in total. The van der Waals surface area contributed by atoms with Crippen LogP contribution in [0.5, 0.6) is 0 Å². The molecule has 2 unspecified atom stereocenters. The molecule has 0 saturated carbocycles. The van der Waals surface area contributed by atoms with Gasteiger partial charge in [0.25, 0.3) is 0 Å². The number of allylic oxidation sites excluding steroid dienone is 12. The van der Waals surface area contributed by atoms with Crippen molar-refractivity contribution in [3.8, 4) is 0 Å². The van der Waals surface area contributed by atoms with E-state index in [1.54, 1.807) is 0 Å². The molecule has 0 aromatic rings. The van der Waals surface area contributed by atoms with Gasteiger partial charge in [0.05, 0.1) is 34.4 Å². The van der Waals surface area contributed by atoms with E-state index in [-0.39, 0.29) is 25.8 Å². The summed E-state index contributed by atoms with van der Waals surface area (Å²) in [6.07, 6.45) is 57.9. The van der Waals surface area contributed by atoms with Gasteiger partial charge in [-0.2, -0.15) is 0 Å². The molecule has 0 fully saturated rings. The maximum atomic E-state index is 12.8. The number of phosphoric ester groups is 1. The topological polar surface area (TPSA) is 91.3 Å². The number of ether oxygens (including phenoxy) is 2. The predicted molar refractivity (Wildman–Crippen MR) is 261 cm³/mol. The van der Waals surface area contributed by atoms with Crippen molar-refractivity contribution < 1.29 is 37.3 Å². The van der Waals surface area contributed by atoms with E-state index >= 15 is 0 Å². The van der Waals surface area contributed by atoms with Gasteiger partial charge in [0.1, 0.15) is 19.3 Å². The van der Waals surface area contributed by atoms with E-state index in [1.807, 2.05) is 21.1 Å². The number of esters is 1. The highest BCUT2D eigenvalue weighted by Crippen LogP contribution is 2.43. The summed E-state index contributed by atoms with van der Waals surface area (Å²) < 4.78 is 35.1. The average Bonchev–Trinajstić information content (AvgIpc) is 3.22. The number of hydrogen-bond acceptors (Lipinski definition) is 6. The minimum absolute atomic E-state index is 0.0820. The predicted octanol–water partition coefficient (Wildman–Crippen LogP) is 15.1. The van der Waals surface area contributed by atoms with Gasteiger partial charge in [-0.3, -0.25) is 13.8 Å². The van der Waals surface area contributed by atoms with Crippen LogP contribution >= 0.6 is 7.82 Å². The highest BCUT2D eigenvalue weighted by atomic mass is 31.2. The standard InChI is InChI=1S/C52H94NO7P/c1-6-8-10-12-14-16-18-20-22-24-26-28-30-32-34-36-38-40-42-44-47-57-49-51(50-59-61(55,56)58-48-46-53(3,4)5)60-52(54)45-43-41-39-37-35-33-31-29-27-25-23-21-19-17-15-13-11-9-7-2/h8,10,14-17,20-23,26,28,51H,6-7,9,11-13,18-19,24-25,27,29-50H2,1-5H3/p+1/b10-8-,16-14-,17-15-,22-20-,23-21-,28-26-. The Morgan fingerprint density at radius 1 is 0.525 bits per heavy atom. The van der Waals surface area contributed by atoms with Gasteiger partial charge in [0.2, 0.25) is 0 Å². The molecule has 0 aliphatic heterocycles. The van der Waals surface area contributed by atoms with Crippen molar-refractivity contribution >= 4 is 13.8 Å². The SMILES string of the molecule is CC/C=C\C/C=C\C/C=C\C/C=C\CCCCCCCCCOCC(COP(=O)(O)OCC[N+](C)(C)C)OC(=O)CCCCCCCCCCC/C=C\C/C=C\CCCCC. The van der Waals surface area contributed by atoms with Gasteiger partial charge in [0, 0.05) is 13.0 Å². The molecule has 0 aliphatic rings. The molecule has 0 aromatic heterocycles. The van der Waals surface area contributed by atoms with Crippen LogP contribution < -0.4 is 0 Å². The molecule has 0 aromatic carbocycles. The molecule has 8 nitrogen and oxygen atoms in total. The second kappa shape index (κ2) is 44.5. The van der Waals surface area contributed by atoms with Crippen molar-refractivity contribution in [3.05, 3.63) is 72.9 Å². The molecular weight excluding hydrogens is 782 g/mol. The molecule has 2 atom stereocenters. The maximum absolute atomic E-state index is 12.8. The van der Waals surface area contributed by atoms with Crippen molar-refractivity contribution in [3.63, 3.8) is 0 Å². The zero-order valence-corrected chi connectivity index (χ0v) is 41.0. The molecule has 354 valence electrons. The first-order chi connectivity index (χ1) is 29.6. The van der Waals surface area contributed by atoms with Gasteiger partial charge < -0.3 is 18.9 Å². The van der Waals surface area contributed by atoms with Crippen molar-refractivity contribution in [2.75, 3.05) is 54.1 Å². The molecule has 0 radical (unpaired) electrons. The Labute approximate surface area is 376 Å². The van der Waals surface area contributed by atoms with E-state index in [0.717, 1.165) is 70.6 Å². The van der Waals surface area contributed by atoms with Gasteiger partial charge in [-0.25, -0.2) is 4.57 Å². The summed E-state index contributed by atoms with van der Waals surface area (Å²) >= 11 is 0. The van der Waals surface area contributed by atoms with Crippen LogP contribution in [-0.4, -0.2) is 75.6 Å².